The summed E-state index contributed by atoms with van der Waals surface area (Å²) in [5.41, 5.74) is 5.26. The standard InChI is InChI=1S/C26H37NO5Si/c1-5-30-24(28)26(27,25(29)31-6-2)18-17-21-13-15-22(16-14-21)32-19-10-20-33(3,4)23-11-8-7-9-12-23/h7-9,11-16H,5-6,10,17-20,27H2,1-4H3. The van der Waals surface area contributed by atoms with Gasteiger partial charge in [0.15, 0.2) is 0 Å². The molecule has 0 fully saturated rings. The van der Waals surface area contributed by atoms with E-state index in [1.165, 1.54) is 5.19 Å². The first kappa shape index (κ1) is 26.6. The molecule has 0 aliphatic rings. The highest BCUT2D eigenvalue weighted by Crippen LogP contribution is 2.20. The monoisotopic (exact) mass is 471 g/mol. The Morgan fingerprint density at radius 2 is 1.48 bits per heavy atom. The summed E-state index contributed by atoms with van der Waals surface area (Å²) < 4.78 is 15.9. The number of carbonyl (C=O) groups is 2. The van der Waals surface area contributed by atoms with Gasteiger partial charge in [-0.3, -0.25) is 0 Å². The molecular weight excluding hydrogens is 434 g/mol. The van der Waals surface area contributed by atoms with Gasteiger partial charge >= 0.3 is 11.9 Å². The van der Waals surface area contributed by atoms with E-state index in [9.17, 15) is 9.59 Å². The van der Waals surface area contributed by atoms with Gasteiger partial charge in [-0.05, 0) is 50.8 Å². The Labute approximate surface area is 198 Å². The van der Waals surface area contributed by atoms with Crippen molar-refractivity contribution in [2.45, 2.75) is 57.8 Å². The molecule has 6 nitrogen and oxygen atoms in total. The zero-order valence-electron chi connectivity index (χ0n) is 20.3. The molecule has 0 bridgehead atoms. The Balaban J connectivity index is 1.86. The van der Waals surface area contributed by atoms with Gasteiger partial charge in [-0.25, -0.2) is 9.59 Å². The number of benzene rings is 2. The van der Waals surface area contributed by atoms with Crippen LogP contribution in [0.3, 0.4) is 0 Å². The first-order valence-electron chi connectivity index (χ1n) is 11.6. The maximum absolute atomic E-state index is 12.3. The molecule has 7 heteroatoms. The zero-order chi connectivity index (χ0) is 24.3. The summed E-state index contributed by atoms with van der Waals surface area (Å²) in [7, 11) is -1.45. The van der Waals surface area contributed by atoms with Gasteiger partial charge in [0.25, 0.3) is 0 Å². The summed E-state index contributed by atoms with van der Waals surface area (Å²) in [5, 5.41) is 1.47. The predicted molar refractivity (Wildman–Crippen MR) is 133 cm³/mol. The molecule has 180 valence electrons. The number of hydrogen-bond acceptors (Lipinski definition) is 6. The summed E-state index contributed by atoms with van der Waals surface area (Å²) in [6.07, 6.45) is 1.54. The summed E-state index contributed by atoms with van der Waals surface area (Å²) in [5.74, 6) is -0.719. The Morgan fingerprint density at radius 3 is 2.03 bits per heavy atom. The smallest absolute Gasteiger partial charge is 0.337 e. The van der Waals surface area contributed by atoms with Gasteiger partial charge in [-0.15, -0.1) is 0 Å². The highest BCUT2D eigenvalue weighted by molar-refractivity contribution is 6.89. The summed E-state index contributed by atoms with van der Waals surface area (Å²) in [6, 6.07) is 19.6. The molecule has 0 atom stereocenters. The Hall–Kier alpha value is -2.64. The van der Waals surface area contributed by atoms with Crippen molar-refractivity contribution >= 4 is 25.2 Å². The first-order chi connectivity index (χ1) is 15.7. The Bertz CT molecular complexity index is 865. The second kappa shape index (κ2) is 12.6. The molecule has 0 radical (unpaired) electrons. The van der Waals surface area contributed by atoms with Gasteiger partial charge in [0.05, 0.1) is 27.9 Å². The van der Waals surface area contributed by atoms with E-state index in [-0.39, 0.29) is 19.6 Å². The zero-order valence-corrected chi connectivity index (χ0v) is 21.3. The van der Waals surface area contributed by atoms with Gasteiger partial charge < -0.3 is 19.9 Å². The van der Waals surface area contributed by atoms with Crippen LogP contribution in [-0.2, 0) is 25.5 Å². The van der Waals surface area contributed by atoms with Crippen molar-refractivity contribution in [3.8, 4) is 5.75 Å². The van der Waals surface area contributed by atoms with E-state index in [1.54, 1.807) is 13.8 Å². The van der Waals surface area contributed by atoms with Crippen molar-refractivity contribution in [1.82, 2.24) is 0 Å². The predicted octanol–water partition coefficient (Wildman–Crippen LogP) is 3.83. The van der Waals surface area contributed by atoms with Crippen molar-refractivity contribution in [3.63, 3.8) is 0 Å². The van der Waals surface area contributed by atoms with Crippen LogP contribution in [0.4, 0.5) is 0 Å². The van der Waals surface area contributed by atoms with E-state index in [4.69, 9.17) is 19.9 Å². The minimum absolute atomic E-state index is 0.101. The molecule has 0 saturated carbocycles. The van der Waals surface area contributed by atoms with Gasteiger partial charge in [0, 0.05) is 0 Å². The number of carbonyl (C=O) groups excluding carboxylic acids is 2. The number of ether oxygens (including phenoxy) is 3. The minimum Gasteiger partial charge on any atom is -0.494 e. The summed E-state index contributed by atoms with van der Waals surface area (Å²) >= 11 is 0. The lowest BCUT2D eigenvalue weighted by Gasteiger charge is -2.24. The van der Waals surface area contributed by atoms with Crippen molar-refractivity contribution in [2.75, 3.05) is 19.8 Å². The van der Waals surface area contributed by atoms with Crippen LogP contribution in [0.2, 0.25) is 19.1 Å². The Kier molecular flexibility index (Phi) is 10.1. The van der Waals surface area contributed by atoms with E-state index in [0.29, 0.717) is 13.0 Å². The molecule has 2 aromatic carbocycles. The molecule has 33 heavy (non-hydrogen) atoms. The van der Waals surface area contributed by atoms with Crippen molar-refractivity contribution < 1.29 is 23.8 Å². The van der Waals surface area contributed by atoms with E-state index in [2.05, 4.69) is 43.4 Å². The lowest BCUT2D eigenvalue weighted by Crippen LogP contribution is -2.57. The van der Waals surface area contributed by atoms with Crippen LogP contribution in [0.5, 0.6) is 5.75 Å². The topological polar surface area (TPSA) is 87.9 Å². The fourth-order valence-electron chi connectivity index (χ4n) is 3.64. The van der Waals surface area contributed by atoms with Crippen molar-refractivity contribution in [3.05, 3.63) is 60.2 Å². The second-order valence-corrected chi connectivity index (χ2v) is 13.6. The van der Waals surface area contributed by atoms with Crippen LogP contribution < -0.4 is 15.7 Å². The highest BCUT2D eigenvalue weighted by atomic mass is 28.3. The summed E-state index contributed by atoms with van der Waals surface area (Å²) in [4.78, 5) is 24.6. The van der Waals surface area contributed by atoms with Gasteiger partial charge in [0.2, 0.25) is 5.54 Å². The maximum atomic E-state index is 12.3. The number of rotatable bonds is 13. The van der Waals surface area contributed by atoms with Gasteiger partial charge in [-0.2, -0.15) is 0 Å². The van der Waals surface area contributed by atoms with Gasteiger partial charge in [-0.1, -0.05) is 66.8 Å². The Morgan fingerprint density at radius 1 is 0.909 bits per heavy atom. The molecule has 0 saturated heterocycles. The van der Waals surface area contributed by atoms with Crippen LogP contribution in [-0.4, -0.2) is 45.4 Å². The van der Waals surface area contributed by atoms with E-state index < -0.39 is 25.6 Å². The fraction of sp³-hybridized carbons (Fsp3) is 0.462. The average molecular weight is 472 g/mol. The number of nitrogens with two attached hydrogens (primary N) is 1. The SMILES string of the molecule is CCOC(=O)C(N)(CCc1ccc(OCCC[Si](C)(C)c2ccccc2)cc1)C(=O)OCC. The molecule has 0 spiro atoms. The number of esters is 2. The molecule has 0 unspecified atom stereocenters. The third-order valence-electron chi connectivity index (χ3n) is 5.78. The second-order valence-electron chi connectivity index (χ2n) is 8.76. The van der Waals surface area contributed by atoms with E-state index in [1.807, 2.05) is 24.3 Å². The molecule has 0 amide bonds. The van der Waals surface area contributed by atoms with Gasteiger partial charge in [0.1, 0.15) is 5.75 Å². The molecule has 2 aromatic rings. The normalized spacial score (nSPS) is 11.7. The fourth-order valence-corrected chi connectivity index (χ4v) is 6.05. The molecule has 2 rings (SSSR count). The van der Waals surface area contributed by atoms with Crippen LogP contribution >= 0.6 is 0 Å². The minimum atomic E-state index is -1.81. The molecule has 0 aromatic heterocycles. The molecule has 0 aliphatic carbocycles. The van der Waals surface area contributed by atoms with E-state index >= 15 is 0 Å². The van der Waals surface area contributed by atoms with Crippen molar-refractivity contribution in [2.24, 2.45) is 5.73 Å². The third kappa shape index (κ3) is 7.72. The quantitative estimate of drug-likeness (QED) is 0.207. The molecular formula is C26H37NO5Si. The van der Waals surface area contributed by atoms with Crippen LogP contribution in [0, 0.1) is 0 Å². The molecule has 0 heterocycles. The molecule has 2 N–H and O–H groups in total. The van der Waals surface area contributed by atoms with Crippen molar-refractivity contribution in [1.29, 1.82) is 0 Å². The summed E-state index contributed by atoms with van der Waals surface area (Å²) in [6.45, 7) is 9.09. The van der Waals surface area contributed by atoms with E-state index in [0.717, 1.165) is 23.8 Å². The maximum Gasteiger partial charge on any atom is 0.337 e. The van der Waals surface area contributed by atoms with Crippen LogP contribution in [0.1, 0.15) is 32.3 Å². The molecule has 0 aliphatic heterocycles. The first-order valence-corrected chi connectivity index (χ1v) is 14.8. The highest BCUT2D eigenvalue weighted by Gasteiger charge is 2.44. The lowest BCUT2D eigenvalue weighted by molar-refractivity contribution is -0.164. The largest absolute Gasteiger partial charge is 0.494 e. The number of aryl methyl sites for hydroxylation is 1. The third-order valence-corrected chi connectivity index (χ3v) is 9.28. The van der Waals surface area contributed by atoms with Crippen LogP contribution in [0.25, 0.3) is 0 Å². The number of hydrogen-bond donors (Lipinski definition) is 1. The average Bonchev–Trinajstić information content (AvgIpc) is 2.82. The lowest BCUT2D eigenvalue weighted by atomic mass is 9.92. The van der Waals surface area contributed by atoms with Crippen LogP contribution in [0.15, 0.2) is 54.6 Å².